The van der Waals surface area contributed by atoms with E-state index >= 15 is 0 Å². The Morgan fingerprint density at radius 3 is 2.62 bits per heavy atom. The third-order valence-electron chi connectivity index (χ3n) is 4.35. The van der Waals surface area contributed by atoms with Crippen LogP contribution in [0.3, 0.4) is 0 Å². The van der Waals surface area contributed by atoms with Gasteiger partial charge in [0.2, 0.25) is 5.91 Å². The SMILES string of the molecule is CN1CCN(NC(=O)CN2CS/C(=C\c3c(Cl)ccc(Cl)c3Cl)C2)CC1. The molecule has 5 nitrogen and oxygen atoms in total. The molecule has 0 saturated carbocycles. The van der Waals surface area contributed by atoms with Gasteiger partial charge in [-0.15, -0.1) is 11.8 Å². The average molecular weight is 436 g/mol. The summed E-state index contributed by atoms with van der Waals surface area (Å²) in [5, 5.41) is 3.50. The van der Waals surface area contributed by atoms with E-state index in [0.29, 0.717) is 28.2 Å². The Labute approximate surface area is 173 Å². The molecule has 2 aliphatic heterocycles. The highest BCUT2D eigenvalue weighted by atomic mass is 35.5. The standard InChI is InChI=1S/C17H21Cl3N4OS/c1-22-4-6-24(7-5-22)21-16(25)10-23-9-12(26-11-23)8-13-14(18)2-3-15(19)17(13)20/h2-3,8H,4-7,9-11H2,1H3,(H,21,25)/b12-8-. The molecule has 0 radical (unpaired) electrons. The first-order valence-corrected chi connectivity index (χ1v) is 10.5. The molecule has 0 aliphatic carbocycles. The monoisotopic (exact) mass is 434 g/mol. The average Bonchev–Trinajstić information content (AvgIpc) is 3.04. The summed E-state index contributed by atoms with van der Waals surface area (Å²) in [5.74, 6) is 0.785. The Bertz CT molecular complexity index is 707. The first-order valence-electron chi connectivity index (χ1n) is 8.34. The largest absolute Gasteiger partial charge is 0.304 e. The predicted molar refractivity (Wildman–Crippen MR) is 111 cm³/mol. The lowest BCUT2D eigenvalue weighted by Gasteiger charge is -2.32. The molecular weight excluding hydrogens is 415 g/mol. The van der Waals surface area contributed by atoms with Crippen LogP contribution in [0.2, 0.25) is 15.1 Å². The minimum absolute atomic E-state index is 0.0234. The molecule has 2 fully saturated rings. The Balaban J connectivity index is 1.54. The molecule has 0 spiro atoms. The fourth-order valence-corrected chi connectivity index (χ4v) is 4.49. The molecule has 0 atom stereocenters. The molecular formula is C17H21Cl3N4OS. The smallest absolute Gasteiger partial charge is 0.248 e. The molecule has 1 amide bonds. The molecule has 9 heteroatoms. The third-order valence-corrected chi connectivity index (χ3v) is 6.61. The fraction of sp³-hybridized carbons (Fsp3) is 0.471. The predicted octanol–water partition coefficient (Wildman–Crippen LogP) is 3.27. The molecule has 1 aromatic rings. The zero-order valence-corrected chi connectivity index (χ0v) is 17.6. The summed E-state index contributed by atoms with van der Waals surface area (Å²) >= 11 is 20.3. The quantitative estimate of drug-likeness (QED) is 0.735. The lowest BCUT2D eigenvalue weighted by atomic mass is 10.2. The molecule has 1 aromatic carbocycles. The van der Waals surface area contributed by atoms with Crippen LogP contribution in [-0.2, 0) is 4.79 Å². The van der Waals surface area contributed by atoms with Gasteiger partial charge in [-0.1, -0.05) is 34.8 Å². The zero-order chi connectivity index (χ0) is 18.7. The summed E-state index contributed by atoms with van der Waals surface area (Å²) in [5.41, 5.74) is 3.72. The van der Waals surface area contributed by atoms with Crippen molar-refractivity contribution in [2.45, 2.75) is 0 Å². The summed E-state index contributed by atoms with van der Waals surface area (Å²) in [7, 11) is 2.09. The number of rotatable bonds is 4. The van der Waals surface area contributed by atoms with Crippen molar-refractivity contribution in [2.24, 2.45) is 0 Å². The van der Waals surface area contributed by atoms with E-state index in [2.05, 4.69) is 22.3 Å². The second kappa shape index (κ2) is 9.15. The van der Waals surface area contributed by atoms with Crippen molar-refractivity contribution in [1.29, 1.82) is 0 Å². The Hall–Kier alpha value is -0.470. The van der Waals surface area contributed by atoms with Crippen LogP contribution >= 0.6 is 46.6 Å². The summed E-state index contributed by atoms with van der Waals surface area (Å²) in [6, 6.07) is 3.42. The number of hydrazine groups is 1. The van der Waals surface area contributed by atoms with E-state index in [0.717, 1.165) is 42.5 Å². The number of piperazine rings is 1. The van der Waals surface area contributed by atoms with Gasteiger partial charge in [-0.2, -0.15) is 0 Å². The van der Waals surface area contributed by atoms with Crippen molar-refractivity contribution >= 4 is 58.5 Å². The molecule has 1 N–H and O–H groups in total. The van der Waals surface area contributed by atoms with Crippen molar-refractivity contribution in [2.75, 3.05) is 52.2 Å². The third kappa shape index (κ3) is 5.29. The number of benzene rings is 1. The van der Waals surface area contributed by atoms with Crippen molar-refractivity contribution in [1.82, 2.24) is 20.2 Å². The van der Waals surface area contributed by atoms with E-state index < -0.39 is 0 Å². The van der Waals surface area contributed by atoms with E-state index in [-0.39, 0.29) is 5.91 Å². The van der Waals surface area contributed by atoms with Crippen LogP contribution in [0, 0.1) is 0 Å². The van der Waals surface area contributed by atoms with Gasteiger partial charge in [0.15, 0.2) is 0 Å². The maximum Gasteiger partial charge on any atom is 0.248 e. The number of nitrogens with one attached hydrogen (secondary N) is 1. The van der Waals surface area contributed by atoms with Gasteiger partial charge in [-0.05, 0) is 25.3 Å². The highest BCUT2D eigenvalue weighted by Gasteiger charge is 2.22. The number of thioether (sulfide) groups is 1. The molecule has 2 heterocycles. The van der Waals surface area contributed by atoms with Gasteiger partial charge in [0.1, 0.15) is 0 Å². The minimum Gasteiger partial charge on any atom is -0.304 e. The van der Waals surface area contributed by atoms with Crippen molar-refractivity contribution in [3.8, 4) is 0 Å². The van der Waals surface area contributed by atoms with Gasteiger partial charge in [0, 0.05) is 54.1 Å². The summed E-state index contributed by atoms with van der Waals surface area (Å²) < 4.78 is 0. The van der Waals surface area contributed by atoms with E-state index in [1.54, 1.807) is 23.9 Å². The number of halogens is 3. The van der Waals surface area contributed by atoms with Gasteiger partial charge in [-0.25, -0.2) is 5.01 Å². The number of amides is 1. The lowest BCUT2D eigenvalue weighted by molar-refractivity contribution is -0.127. The minimum atomic E-state index is 0.0234. The lowest BCUT2D eigenvalue weighted by Crippen LogP contribution is -2.54. The second-order valence-electron chi connectivity index (χ2n) is 6.45. The van der Waals surface area contributed by atoms with Crippen LogP contribution in [0.25, 0.3) is 6.08 Å². The Morgan fingerprint density at radius 1 is 1.19 bits per heavy atom. The molecule has 0 unspecified atom stereocenters. The number of carbonyl (C=O) groups excluding carboxylic acids is 1. The fourth-order valence-electron chi connectivity index (χ4n) is 2.84. The van der Waals surface area contributed by atoms with Crippen molar-refractivity contribution < 1.29 is 4.79 Å². The molecule has 3 rings (SSSR count). The number of carbonyl (C=O) groups is 1. The molecule has 142 valence electrons. The van der Waals surface area contributed by atoms with Crippen LogP contribution in [0.4, 0.5) is 0 Å². The van der Waals surface area contributed by atoms with Gasteiger partial charge < -0.3 is 4.90 Å². The van der Waals surface area contributed by atoms with E-state index in [9.17, 15) is 4.79 Å². The van der Waals surface area contributed by atoms with Gasteiger partial charge in [-0.3, -0.25) is 15.1 Å². The summed E-state index contributed by atoms with van der Waals surface area (Å²) in [4.78, 5) is 17.7. The summed E-state index contributed by atoms with van der Waals surface area (Å²) in [6.07, 6.45) is 1.96. The van der Waals surface area contributed by atoms with Crippen LogP contribution < -0.4 is 5.43 Å². The van der Waals surface area contributed by atoms with E-state index in [4.69, 9.17) is 34.8 Å². The molecule has 0 bridgehead atoms. The number of nitrogens with zero attached hydrogens (tertiary/aromatic N) is 3. The van der Waals surface area contributed by atoms with E-state index in [1.807, 2.05) is 11.1 Å². The zero-order valence-electron chi connectivity index (χ0n) is 14.5. The first-order chi connectivity index (χ1) is 12.4. The molecule has 2 saturated heterocycles. The molecule has 26 heavy (non-hydrogen) atoms. The Morgan fingerprint density at radius 2 is 1.88 bits per heavy atom. The van der Waals surface area contributed by atoms with E-state index in [1.165, 1.54) is 0 Å². The normalized spacial score (nSPS) is 21.5. The Kier molecular flexibility index (Phi) is 7.13. The highest BCUT2D eigenvalue weighted by molar-refractivity contribution is 8.03. The van der Waals surface area contributed by atoms with Crippen LogP contribution in [0.15, 0.2) is 17.0 Å². The highest BCUT2D eigenvalue weighted by Crippen LogP contribution is 2.36. The maximum atomic E-state index is 12.3. The van der Waals surface area contributed by atoms with Crippen LogP contribution in [-0.4, -0.2) is 72.9 Å². The number of hydrogen-bond acceptors (Lipinski definition) is 5. The van der Waals surface area contributed by atoms with Crippen molar-refractivity contribution in [3.05, 3.63) is 37.7 Å². The first kappa shape index (κ1) is 20.3. The van der Waals surface area contributed by atoms with Crippen LogP contribution in [0.5, 0.6) is 0 Å². The van der Waals surface area contributed by atoms with Gasteiger partial charge in [0.05, 0.1) is 16.6 Å². The maximum absolute atomic E-state index is 12.3. The topological polar surface area (TPSA) is 38.8 Å². The van der Waals surface area contributed by atoms with Gasteiger partial charge in [0.25, 0.3) is 0 Å². The number of likely N-dealkylation sites (N-methyl/N-ethyl adjacent to an activating group) is 1. The molecule has 2 aliphatic rings. The van der Waals surface area contributed by atoms with Crippen molar-refractivity contribution in [3.63, 3.8) is 0 Å². The van der Waals surface area contributed by atoms with Gasteiger partial charge >= 0.3 is 0 Å². The van der Waals surface area contributed by atoms with Crippen LogP contribution in [0.1, 0.15) is 5.56 Å². The summed E-state index contributed by atoms with van der Waals surface area (Å²) in [6.45, 7) is 4.71. The second-order valence-corrected chi connectivity index (χ2v) is 8.72. The molecule has 0 aromatic heterocycles. The number of hydrogen-bond donors (Lipinski definition) is 1.